The third-order valence-electron chi connectivity index (χ3n) is 5.38. The van der Waals surface area contributed by atoms with E-state index in [4.69, 9.17) is 4.74 Å². The average Bonchev–Trinajstić information content (AvgIpc) is 3.28. The first-order chi connectivity index (χ1) is 11.6. The lowest BCUT2D eigenvalue weighted by atomic mass is 9.77. The molecule has 4 rings (SSSR count). The summed E-state index contributed by atoms with van der Waals surface area (Å²) < 4.78 is 6.18. The predicted octanol–water partition coefficient (Wildman–Crippen LogP) is 4.60. The van der Waals surface area contributed by atoms with E-state index in [1.807, 2.05) is 25.3 Å². The van der Waals surface area contributed by atoms with Gasteiger partial charge in [0, 0.05) is 28.6 Å². The van der Waals surface area contributed by atoms with Gasteiger partial charge in [0.05, 0.1) is 12.2 Å². The highest BCUT2D eigenvalue weighted by Gasteiger charge is 2.37. The van der Waals surface area contributed by atoms with Gasteiger partial charge in [0.1, 0.15) is 5.75 Å². The molecule has 0 radical (unpaired) electrons. The van der Waals surface area contributed by atoms with Crippen LogP contribution in [0.2, 0.25) is 0 Å². The van der Waals surface area contributed by atoms with Gasteiger partial charge < -0.3 is 14.8 Å². The van der Waals surface area contributed by atoms with E-state index in [1.54, 1.807) is 0 Å². The van der Waals surface area contributed by atoms with Crippen LogP contribution in [0, 0.1) is 18.8 Å². The molecule has 3 nitrogen and oxygen atoms in total. The Hall–Kier alpha value is -2.00. The van der Waals surface area contributed by atoms with Crippen molar-refractivity contribution in [3.8, 4) is 5.75 Å². The van der Waals surface area contributed by atoms with Crippen LogP contribution in [0.1, 0.15) is 37.3 Å². The Bertz CT molecular complexity index is 809. The summed E-state index contributed by atoms with van der Waals surface area (Å²) in [5.41, 5.74) is 2.17. The lowest BCUT2D eigenvalue weighted by Gasteiger charge is -2.34. The number of nitrogens with one attached hydrogen (secondary N) is 1. The molecule has 1 saturated carbocycles. The highest BCUT2D eigenvalue weighted by atomic mass is 16.5. The first-order valence-electron chi connectivity index (χ1n) is 8.87. The molecule has 2 aliphatic carbocycles. The fraction of sp³-hybridized carbons (Fsp3) is 0.429. The summed E-state index contributed by atoms with van der Waals surface area (Å²) in [6.07, 6.45) is 13.6. The van der Waals surface area contributed by atoms with E-state index in [1.165, 1.54) is 12.8 Å². The lowest BCUT2D eigenvalue weighted by molar-refractivity contribution is 0.0128. The lowest BCUT2D eigenvalue weighted by Crippen LogP contribution is -2.32. The maximum absolute atomic E-state index is 11.5. The van der Waals surface area contributed by atoms with Crippen LogP contribution in [0.25, 0.3) is 10.9 Å². The fourth-order valence-corrected chi connectivity index (χ4v) is 3.69. The number of hydrogen-bond acceptors (Lipinski definition) is 2. The molecule has 3 heteroatoms. The van der Waals surface area contributed by atoms with Gasteiger partial charge in [-0.05, 0) is 56.7 Å². The summed E-state index contributed by atoms with van der Waals surface area (Å²) in [5.74, 6) is 1.56. The smallest absolute Gasteiger partial charge is 0.126 e. The molecule has 0 aliphatic heterocycles. The van der Waals surface area contributed by atoms with E-state index in [-0.39, 0.29) is 5.92 Å². The fourth-order valence-electron chi connectivity index (χ4n) is 3.69. The number of allylic oxidation sites excluding steroid dienone is 3. The standard InChI is InChI=1S/C21H25NO2/c1-14-12-18(24-13-15-8-9-15)19(17-10-11-22-20(14)17)21(2,23)16-6-4-3-5-7-16/h3-6,10-12,15-16,22-23H,7-9,13H2,1-2H3. The largest absolute Gasteiger partial charge is 0.493 e. The number of fused-ring (bicyclic) bond motifs is 1. The van der Waals surface area contributed by atoms with E-state index >= 15 is 0 Å². The van der Waals surface area contributed by atoms with Crippen molar-refractivity contribution in [2.75, 3.05) is 6.61 Å². The van der Waals surface area contributed by atoms with Gasteiger partial charge in [-0.25, -0.2) is 0 Å². The Balaban J connectivity index is 1.82. The van der Waals surface area contributed by atoms with Crippen LogP contribution >= 0.6 is 0 Å². The Morgan fingerprint density at radius 1 is 1.33 bits per heavy atom. The van der Waals surface area contributed by atoms with Crippen LogP contribution in [0.15, 0.2) is 42.6 Å². The van der Waals surface area contributed by atoms with Crippen LogP contribution in [-0.4, -0.2) is 16.7 Å². The second-order valence-corrected chi connectivity index (χ2v) is 7.39. The summed E-state index contributed by atoms with van der Waals surface area (Å²) in [7, 11) is 0. The number of H-pyrrole nitrogens is 1. The third kappa shape index (κ3) is 2.67. The molecule has 0 bridgehead atoms. The van der Waals surface area contributed by atoms with Gasteiger partial charge in [0.25, 0.3) is 0 Å². The Morgan fingerprint density at radius 3 is 2.88 bits per heavy atom. The molecule has 0 saturated heterocycles. The molecule has 1 aromatic carbocycles. The van der Waals surface area contributed by atoms with Gasteiger partial charge >= 0.3 is 0 Å². The maximum Gasteiger partial charge on any atom is 0.126 e. The molecule has 1 heterocycles. The van der Waals surface area contributed by atoms with Crippen molar-refractivity contribution in [2.45, 2.75) is 38.7 Å². The van der Waals surface area contributed by atoms with E-state index in [9.17, 15) is 5.11 Å². The number of aryl methyl sites for hydroxylation is 1. The van der Waals surface area contributed by atoms with Crippen LogP contribution < -0.4 is 4.74 Å². The molecule has 2 aliphatic rings. The van der Waals surface area contributed by atoms with E-state index in [2.05, 4.69) is 36.2 Å². The molecular weight excluding hydrogens is 298 g/mol. The van der Waals surface area contributed by atoms with Crippen LogP contribution in [0.4, 0.5) is 0 Å². The number of aromatic amines is 1. The topological polar surface area (TPSA) is 45.2 Å². The second kappa shape index (κ2) is 5.82. The SMILES string of the molecule is Cc1cc(OCC2CC2)c(C(C)(O)C2C=CC=CC2)c2cc[nH]c12. The molecule has 2 atom stereocenters. The van der Waals surface area contributed by atoms with Crippen molar-refractivity contribution in [3.05, 3.63) is 53.8 Å². The van der Waals surface area contributed by atoms with Gasteiger partial charge in [0.15, 0.2) is 0 Å². The predicted molar refractivity (Wildman–Crippen MR) is 97.2 cm³/mol. The van der Waals surface area contributed by atoms with Gasteiger partial charge in [-0.1, -0.05) is 24.3 Å². The zero-order valence-electron chi connectivity index (χ0n) is 14.4. The number of rotatable bonds is 5. The molecule has 2 aromatic rings. The van der Waals surface area contributed by atoms with Crippen molar-refractivity contribution >= 4 is 10.9 Å². The number of hydrogen-bond donors (Lipinski definition) is 2. The number of ether oxygens (including phenoxy) is 1. The molecule has 0 spiro atoms. The zero-order valence-corrected chi connectivity index (χ0v) is 14.4. The summed E-state index contributed by atoms with van der Waals surface area (Å²) in [6.45, 7) is 4.76. The van der Waals surface area contributed by atoms with Crippen LogP contribution in [-0.2, 0) is 5.60 Å². The maximum atomic E-state index is 11.5. The molecule has 1 fully saturated rings. The third-order valence-corrected chi connectivity index (χ3v) is 5.38. The Labute approximate surface area is 143 Å². The van der Waals surface area contributed by atoms with Gasteiger partial charge in [-0.2, -0.15) is 0 Å². The zero-order chi connectivity index (χ0) is 16.7. The minimum absolute atomic E-state index is 0.0478. The monoisotopic (exact) mass is 323 g/mol. The van der Waals surface area contributed by atoms with Gasteiger partial charge in [0.2, 0.25) is 0 Å². The summed E-state index contributed by atoms with van der Waals surface area (Å²) >= 11 is 0. The first-order valence-corrected chi connectivity index (χ1v) is 8.87. The highest BCUT2D eigenvalue weighted by Crippen LogP contribution is 2.44. The minimum atomic E-state index is -0.978. The summed E-state index contributed by atoms with van der Waals surface area (Å²) in [4.78, 5) is 3.31. The highest BCUT2D eigenvalue weighted by molar-refractivity contribution is 5.89. The normalized spacial score (nSPS) is 22.7. The first kappa shape index (κ1) is 15.5. The Kier molecular flexibility index (Phi) is 3.76. The average molecular weight is 323 g/mol. The Morgan fingerprint density at radius 2 is 2.17 bits per heavy atom. The second-order valence-electron chi connectivity index (χ2n) is 7.39. The quantitative estimate of drug-likeness (QED) is 0.844. The van der Waals surface area contributed by atoms with Gasteiger partial charge in [-0.3, -0.25) is 0 Å². The molecule has 2 unspecified atom stereocenters. The van der Waals surface area contributed by atoms with Crippen molar-refractivity contribution < 1.29 is 9.84 Å². The van der Waals surface area contributed by atoms with Crippen LogP contribution in [0.5, 0.6) is 5.75 Å². The van der Waals surface area contributed by atoms with Crippen LogP contribution in [0.3, 0.4) is 0 Å². The van der Waals surface area contributed by atoms with Crippen molar-refractivity contribution in [3.63, 3.8) is 0 Å². The van der Waals surface area contributed by atoms with E-state index in [0.717, 1.165) is 40.8 Å². The molecule has 126 valence electrons. The summed E-state index contributed by atoms with van der Waals surface area (Å²) in [6, 6.07) is 4.13. The molecule has 24 heavy (non-hydrogen) atoms. The number of benzene rings is 1. The van der Waals surface area contributed by atoms with E-state index in [0.29, 0.717) is 5.92 Å². The van der Waals surface area contributed by atoms with Crippen molar-refractivity contribution in [1.29, 1.82) is 0 Å². The van der Waals surface area contributed by atoms with E-state index < -0.39 is 5.60 Å². The van der Waals surface area contributed by atoms with Crippen molar-refractivity contribution in [2.24, 2.45) is 11.8 Å². The number of aliphatic hydroxyl groups is 1. The molecule has 2 N–H and O–H groups in total. The molecular formula is C21H25NO2. The molecule has 0 amide bonds. The molecule has 1 aromatic heterocycles. The summed E-state index contributed by atoms with van der Waals surface area (Å²) in [5, 5.41) is 12.6. The minimum Gasteiger partial charge on any atom is -0.493 e. The van der Waals surface area contributed by atoms with Gasteiger partial charge in [-0.15, -0.1) is 0 Å². The number of aromatic nitrogens is 1. The van der Waals surface area contributed by atoms with Crippen molar-refractivity contribution in [1.82, 2.24) is 4.98 Å².